The van der Waals surface area contributed by atoms with Crippen LogP contribution in [0.2, 0.25) is 0 Å². The van der Waals surface area contributed by atoms with Crippen LogP contribution in [-0.2, 0) is 57.5 Å². The van der Waals surface area contributed by atoms with Gasteiger partial charge in [0, 0.05) is 45.1 Å². The van der Waals surface area contributed by atoms with Crippen molar-refractivity contribution >= 4 is 47.4 Å². The Morgan fingerprint density at radius 1 is 0.775 bits per heavy atom. The molecule has 2 rings (SSSR count). The van der Waals surface area contributed by atoms with Crippen molar-refractivity contribution < 1.29 is 57.5 Å². The second-order valence-corrected chi connectivity index (χ2v) is 9.59. The van der Waals surface area contributed by atoms with Gasteiger partial charge in [0.05, 0.1) is 18.4 Å². The Morgan fingerprint density at radius 2 is 1.23 bits per heavy atom. The van der Waals surface area contributed by atoms with Crippen LogP contribution in [0, 0.1) is 0 Å². The Kier molecular flexibility index (Phi) is 12.1. The van der Waals surface area contributed by atoms with Crippen LogP contribution in [0.1, 0.15) is 78.6 Å². The average molecular weight is 571 g/mol. The summed E-state index contributed by atoms with van der Waals surface area (Å²) in [6, 6.07) is 0. The van der Waals surface area contributed by atoms with Crippen molar-refractivity contribution in [2.45, 2.75) is 90.4 Å². The maximum atomic E-state index is 12.0. The molecular weight excluding hydrogens is 536 g/mol. The Morgan fingerprint density at radius 3 is 1.70 bits per heavy atom. The Balaban J connectivity index is 1.54. The molecule has 0 aromatic heterocycles. The molecule has 0 spiro atoms. The molecular formula is C24H34N4O12. The molecule has 0 aromatic rings. The summed E-state index contributed by atoms with van der Waals surface area (Å²) >= 11 is 0. The predicted octanol–water partition coefficient (Wildman–Crippen LogP) is -0.501. The van der Waals surface area contributed by atoms with Gasteiger partial charge < -0.3 is 29.8 Å². The molecule has 0 saturated carbocycles. The molecule has 2 aliphatic heterocycles. The zero-order valence-corrected chi connectivity index (χ0v) is 22.6. The van der Waals surface area contributed by atoms with E-state index in [9.17, 15) is 38.4 Å². The molecule has 0 bridgehead atoms. The van der Waals surface area contributed by atoms with Crippen molar-refractivity contribution in [2.75, 3.05) is 13.3 Å². The molecule has 2 aliphatic rings. The molecule has 1 atom stereocenters. The monoisotopic (exact) mass is 570 g/mol. The molecule has 0 radical (unpaired) electrons. The number of hydrogen-bond acceptors (Lipinski definition) is 12. The number of imide groups is 2. The molecule has 2 heterocycles. The first-order valence-electron chi connectivity index (χ1n) is 12.7. The van der Waals surface area contributed by atoms with E-state index in [1.807, 2.05) is 0 Å². The highest BCUT2D eigenvalue weighted by Gasteiger charge is 2.33. The number of carbonyl (C=O) groups excluding carboxylic acids is 8. The maximum Gasteiger partial charge on any atom is 0.333 e. The van der Waals surface area contributed by atoms with Crippen LogP contribution in [0.25, 0.3) is 0 Å². The summed E-state index contributed by atoms with van der Waals surface area (Å²) in [5.74, 6) is -5.11. The molecule has 2 saturated heterocycles. The van der Waals surface area contributed by atoms with Gasteiger partial charge in [0.2, 0.25) is 11.8 Å². The van der Waals surface area contributed by atoms with E-state index in [4.69, 9.17) is 14.3 Å². The lowest BCUT2D eigenvalue weighted by molar-refractivity contribution is -0.197. The van der Waals surface area contributed by atoms with Gasteiger partial charge in [-0.2, -0.15) is 0 Å². The van der Waals surface area contributed by atoms with Crippen LogP contribution in [0.5, 0.6) is 0 Å². The quantitative estimate of drug-likeness (QED) is 0.178. The lowest BCUT2D eigenvalue weighted by Crippen LogP contribution is -2.38. The molecule has 6 amide bonds. The van der Waals surface area contributed by atoms with Crippen LogP contribution < -0.4 is 10.6 Å². The zero-order chi connectivity index (χ0) is 29.9. The summed E-state index contributed by atoms with van der Waals surface area (Å²) in [5.41, 5.74) is -0.722. The second-order valence-electron chi connectivity index (χ2n) is 9.59. The standard InChI is InChI=1S/C24H34N4O12/c1-15(26-17(30)5-11-23(36)40-28-20(33)8-9-21(28)34)37-14-38-24(2,3)12-13-25-16(29)4-10-22(35)39-27-18(31)6-7-19(27)32/h15H,4-14H2,1-3H3,(H,25,29)(H,26,30). The second kappa shape index (κ2) is 15.0. The fourth-order valence-corrected chi connectivity index (χ4v) is 3.34. The highest BCUT2D eigenvalue weighted by atomic mass is 16.7. The number of ether oxygens (including phenoxy) is 2. The van der Waals surface area contributed by atoms with Gasteiger partial charge >= 0.3 is 11.9 Å². The lowest BCUT2D eigenvalue weighted by Gasteiger charge is -2.26. The van der Waals surface area contributed by atoms with Crippen LogP contribution >= 0.6 is 0 Å². The fourth-order valence-electron chi connectivity index (χ4n) is 3.34. The topological polar surface area (TPSA) is 204 Å². The minimum absolute atomic E-state index is 0.0181. The van der Waals surface area contributed by atoms with Gasteiger partial charge in [0.1, 0.15) is 13.0 Å². The first-order valence-corrected chi connectivity index (χ1v) is 12.7. The number of rotatable bonds is 16. The fraction of sp³-hybridized carbons (Fsp3) is 0.667. The van der Waals surface area contributed by atoms with E-state index in [-0.39, 0.29) is 64.7 Å². The van der Waals surface area contributed by atoms with E-state index >= 15 is 0 Å². The van der Waals surface area contributed by atoms with Crippen LogP contribution in [-0.4, -0.2) is 82.7 Å². The molecule has 0 aliphatic carbocycles. The van der Waals surface area contributed by atoms with Gasteiger partial charge in [-0.1, -0.05) is 0 Å². The Bertz CT molecular complexity index is 995. The van der Waals surface area contributed by atoms with Gasteiger partial charge in [-0.25, -0.2) is 9.59 Å². The van der Waals surface area contributed by atoms with Crippen LogP contribution in [0.4, 0.5) is 0 Å². The van der Waals surface area contributed by atoms with E-state index in [1.165, 1.54) is 0 Å². The summed E-state index contributed by atoms with van der Waals surface area (Å²) in [6.07, 6.45) is -1.55. The smallest absolute Gasteiger partial charge is 0.333 e. The summed E-state index contributed by atoms with van der Waals surface area (Å²) in [7, 11) is 0. The van der Waals surface area contributed by atoms with Gasteiger partial charge in [-0.3, -0.25) is 28.8 Å². The highest BCUT2D eigenvalue weighted by molar-refractivity contribution is 6.02. The van der Waals surface area contributed by atoms with E-state index in [1.54, 1.807) is 20.8 Å². The SMILES string of the molecule is CC(NC(=O)CCC(=O)ON1C(=O)CCC1=O)OCOC(C)(C)CCNC(=O)CCC(=O)ON1C(=O)CCC1=O. The van der Waals surface area contributed by atoms with E-state index in [0.29, 0.717) is 16.5 Å². The normalized spacial score (nSPS) is 16.3. The Hall–Kier alpha value is -3.92. The first-order chi connectivity index (χ1) is 18.8. The van der Waals surface area contributed by atoms with E-state index in [2.05, 4.69) is 15.5 Å². The predicted molar refractivity (Wildman–Crippen MR) is 129 cm³/mol. The van der Waals surface area contributed by atoms with Gasteiger partial charge in [0.25, 0.3) is 23.6 Å². The third kappa shape index (κ3) is 11.1. The molecule has 40 heavy (non-hydrogen) atoms. The summed E-state index contributed by atoms with van der Waals surface area (Å²) in [5, 5.41) is 5.98. The number of hydrogen-bond donors (Lipinski definition) is 2. The minimum atomic E-state index is -0.889. The van der Waals surface area contributed by atoms with Crippen molar-refractivity contribution in [3.05, 3.63) is 0 Å². The van der Waals surface area contributed by atoms with Crippen LogP contribution in [0.3, 0.4) is 0 Å². The van der Waals surface area contributed by atoms with Crippen molar-refractivity contribution in [2.24, 2.45) is 0 Å². The molecule has 16 nitrogen and oxygen atoms in total. The summed E-state index contributed by atoms with van der Waals surface area (Å²) in [6.45, 7) is 5.10. The average Bonchev–Trinajstić information content (AvgIpc) is 3.36. The van der Waals surface area contributed by atoms with Crippen molar-refractivity contribution in [1.82, 2.24) is 20.8 Å². The lowest BCUT2D eigenvalue weighted by atomic mass is 10.1. The summed E-state index contributed by atoms with van der Waals surface area (Å²) < 4.78 is 11.0. The van der Waals surface area contributed by atoms with E-state index < -0.39 is 59.2 Å². The molecule has 0 aromatic carbocycles. The first kappa shape index (κ1) is 32.3. The largest absolute Gasteiger partial charge is 0.356 e. The van der Waals surface area contributed by atoms with Gasteiger partial charge in [0.15, 0.2) is 0 Å². The zero-order valence-electron chi connectivity index (χ0n) is 22.6. The Labute approximate surface area is 229 Å². The third-order valence-electron chi connectivity index (χ3n) is 5.69. The molecule has 2 N–H and O–H groups in total. The van der Waals surface area contributed by atoms with Gasteiger partial charge in [-0.05, 0) is 27.2 Å². The number of amides is 6. The maximum absolute atomic E-state index is 12.0. The highest BCUT2D eigenvalue weighted by Crippen LogP contribution is 2.15. The van der Waals surface area contributed by atoms with Crippen LogP contribution in [0.15, 0.2) is 0 Å². The number of nitrogens with zero attached hydrogens (tertiary/aromatic N) is 2. The van der Waals surface area contributed by atoms with Crippen molar-refractivity contribution in [3.63, 3.8) is 0 Å². The minimum Gasteiger partial charge on any atom is -0.356 e. The molecule has 222 valence electrons. The van der Waals surface area contributed by atoms with Crippen molar-refractivity contribution in [1.29, 1.82) is 0 Å². The van der Waals surface area contributed by atoms with E-state index in [0.717, 1.165) is 0 Å². The number of nitrogens with one attached hydrogen (secondary N) is 2. The molecule has 1 unspecified atom stereocenters. The van der Waals surface area contributed by atoms with Gasteiger partial charge in [-0.15, -0.1) is 10.1 Å². The summed E-state index contributed by atoms with van der Waals surface area (Å²) in [4.78, 5) is 103. The number of carbonyl (C=O) groups is 8. The molecule has 16 heteroatoms. The molecule has 2 fully saturated rings. The third-order valence-corrected chi connectivity index (χ3v) is 5.69. The van der Waals surface area contributed by atoms with Crippen molar-refractivity contribution in [3.8, 4) is 0 Å². The number of hydroxylamine groups is 4.